The quantitative estimate of drug-likeness (QED) is 0.342. The van der Waals surface area contributed by atoms with Crippen molar-refractivity contribution < 1.29 is 33.0 Å². The zero-order chi connectivity index (χ0) is 30.2. The van der Waals surface area contributed by atoms with E-state index in [0.717, 1.165) is 12.8 Å². The lowest BCUT2D eigenvalue weighted by Gasteiger charge is -2.31. The van der Waals surface area contributed by atoms with Crippen LogP contribution >= 0.6 is 0 Å². The first-order valence-electron chi connectivity index (χ1n) is 14.3. The number of carbonyl (C=O) groups is 2. The Morgan fingerprint density at radius 3 is 2.45 bits per heavy atom. The summed E-state index contributed by atoms with van der Waals surface area (Å²) < 4.78 is 31.2. The molecule has 1 saturated carbocycles. The van der Waals surface area contributed by atoms with Crippen LogP contribution in [-0.2, 0) is 9.57 Å². The number of hydrogen-bond acceptors (Lipinski definition) is 9. The second-order valence-corrected chi connectivity index (χ2v) is 11.9. The molecule has 5 rings (SSSR count). The summed E-state index contributed by atoms with van der Waals surface area (Å²) >= 11 is 0. The van der Waals surface area contributed by atoms with E-state index in [1.165, 1.54) is 13.2 Å². The molecule has 1 aliphatic heterocycles. The molecule has 11 nitrogen and oxygen atoms in total. The highest BCUT2D eigenvalue weighted by molar-refractivity contribution is 6.09. The predicted octanol–water partition coefficient (Wildman–Crippen LogP) is 5.24. The summed E-state index contributed by atoms with van der Waals surface area (Å²) in [5, 5.41) is 4.66. The van der Waals surface area contributed by atoms with Gasteiger partial charge in [-0.15, -0.1) is 5.06 Å². The molecule has 2 fully saturated rings. The van der Waals surface area contributed by atoms with Crippen LogP contribution in [0.5, 0.6) is 11.5 Å². The number of ether oxygens (including phenoxy) is 3. The lowest BCUT2D eigenvalue weighted by molar-refractivity contribution is -0.152. The maximum atomic E-state index is 14.7. The van der Waals surface area contributed by atoms with Gasteiger partial charge in [0.1, 0.15) is 28.4 Å². The number of piperidine rings is 1. The number of hydrogen-bond donors (Lipinski definition) is 2. The van der Waals surface area contributed by atoms with E-state index in [9.17, 15) is 14.0 Å². The smallest absolute Gasteiger partial charge is 0.494 e. The number of methoxy groups -OCH3 is 1. The zero-order valence-electron chi connectivity index (χ0n) is 24.9. The standard InChI is InChI=1S/C30H38FN5O6/c1-16-24(28(37)35-19-9-11-36(12-10-19)42-29(38)41-30(3,4)5)26-27(32-16)25(33-17(2)34-26)20-13-23(39-6)21(31)14-22(20)40-15-18-7-8-18/h13-14,18-19,32H,7-12,15H2,1-6H3,(H,35,37). The normalized spacial score (nSPS) is 16.4. The van der Waals surface area contributed by atoms with E-state index >= 15 is 0 Å². The number of halogens is 1. The van der Waals surface area contributed by atoms with Crippen LogP contribution in [0, 0.1) is 25.6 Å². The average Bonchev–Trinajstić information content (AvgIpc) is 3.67. The van der Waals surface area contributed by atoms with Crippen LogP contribution in [0.4, 0.5) is 9.18 Å². The van der Waals surface area contributed by atoms with Crippen LogP contribution in [0.25, 0.3) is 22.3 Å². The largest absolute Gasteiger partial charge is 0.528 e. The number of benzene rings is 1. The number of rotatable bonds is 8. The maximum absolute atomic E-state index is 14.7. The number of fused-ring (bicyclic) bond motifs is 1. The molecule has 226 valence electrons. The molecule has 1 aliphatic carbocycles. The van der Waals surface area contributed by atoms with Gasteiger partial charge in [0.2, 0.25) is 0 Å². The highest BCUT2D eigenvalue weighted by atomic mass is 19.1. The minimum absolute atomic E-state index is 0.0661. The van der Waals surface area contributed by atoms with Crippen LogP contribution in [0.2, 0.25) is 0 Å². The Morgan fingerprint density at radius 2 is 1.81 bits per heavy atom. The van der Waals surface area contributed by atoms with E-state index in [-0.39, 0.29) is 17.7 Å². The number of H-pyrrole nitrogens is 1. The van der Waals surface area contributed by atoms with Gasteiger partial charge in [-0.2, -0.15) is 0 Å². The number of nitrogens with one attached hydrogen (secondary N) is 2. The second-order valence-electron chi connectivity index (χ2n) is 11.9. The molecule has 0 spiro atoms. The van der Waals surface area contributed by atoms with Crippen LogP contribution in [0.15, 0.2) is 12.1 Å². The molecule has 3 heterocycles. The third kappa shape index (κ3) is 6.75. The topological polar surface area (TPSA) is 128 Å². The average molecular weight is 584 g/mol. The number of carbonyl (C=O) groups excluding carboxylic acids is 2. The molecule has 2 aliphatic rings. The lowest BCUT2D eigenvalue weighted by Crippen LogP contribution is -2.45. The van der Waals surface area contributed by atoms with Crippen molar-refractivity contribution in [1.82, 2.24) is 25.3 Å². The van der Waals surface area contributed by atoms with Gasteiger partial charge < -0.3 is 29.3 Å². The summed E-state index contributed by atoms with van der Waals surface area (Å²) in [6, 6.07) is 2.77. The summed E-state index contributed by atoms with van der Waals surface area (Å²) in [4.78, 5) is 43.5. The van der Waals surface area contributed by atoms with E-state index in [1.54, 1.807) is 38.8 Å². The first-order chi connectivity index (χ1) is 19.9. The first-order valence-corrected chi connectivity index (χ1v) is 14.3. The van der Waals surface area contributed by atoms with Crippen LogP contribution < -0.4 is 14.8 Å². The van der Waals surface area contributed by atoms with Gasteiger partial charge in [-0.25, -0.2) is 19.2 Å². The molecule has 0 atom stereocenters. The summed E-state index contributed by atoms with van der Waals surface area (Å²) in [6.45, 7) is 10.3. The minimum atomic E-state index is -0.745. The van der Waals surface area contributed by atoms with E-state index < -0.39 is 17.6 Å². The number of aryl methyl sites for hydroxylation is 2. The van der Waals surface area contributed by atoms with Crippen LogP contribution in [0.1, 0.15) is 68.3 Å². The third-order valence-electron chi connectivity index (χ3n) is 7.24. The van der Waals surface area contributed by atoms with Crippen molar-refractivity contribution in [2.24, 2.45) is 5.92 Å². The molecule has 1 saturated heterocycles. The molecule has 1 amide bonds. The SMILES string of the molecule is COc1cc(-c2nc(C)nc3c(C(=O)NC4CCN(OC(=O)OC(C)(C)C)CC4)c(C)[nH]c23)c(OCC2CC2)cc1F. The Hall–Kier alpha value is -3.93. The molecular formula is C30H38FN5O6. The molecule has 2 N–H and O–H groups in total. The molecule has 0 unspecified atom stereocenters. The van der Waals surface area contributed by atoms with E-state index in [1.807, 2.05) is 6.92 Å². The Balaban J connectivity index is 1.37. The van der Waals surface area contributed by atoms with Gasteiger partial charge in [0.25, 0.3) is 5.91 Å². The second kappa shape index (κ2) is 11.7. The van der Waals surface area contributed by atoms with Crippen molar-refractivity contribution in [2.45, 2.75) is 71.9 Å². The molecular weight excluding hydrogens is 545 g/mol. The monoisotopic (exact) mass is 583 g/mol. The molecule has 1 aromatic carbocycles. The Bertz CT molecular complexity index is 1490. The fraction of sp³-hybridized carbons (Fsp3) is 0.533. The number of aromatic nitrogens is 3. The third-order valence-corrected chi connectivity index (χ3v) is 7.24. The highest BCUT2D eigenvalue weighted by Crippen LogP contribution is 2.40. The lowest BCUT2D eigenvalue weighted by atomic mass is 10.0. The van der Waals surface area contributed by atoms with Crippen molar-refractivity contribution in [3.63, 3.8) is 0 Å². The van der Waals surface area contributed by atoms with Crippen LogP contribution in [0.3, 0.4) is 0 Å². The van der Waals surface area contributed by atoms with Gasteiger partial charge >= 0.3 is 6.16 Å². The Morgan fingerprint density at radius 1 is 1.10 bits per heavy atom. The van der Waals surface area contributed by atoms with E-state index in [4.69, 9.17) is 19.0 Å². The number of hydroxylamine groups is 2. The van der Waals surface area contributed by atoms with E-state index in [2.05, 4.69) is 20.3 Å². The number of nitrogens with zero attached hydrogens (tertiary/aromatic N) is 3. The van der Waals surface area contributed by atoms with Crippen LogP contribution in [-0.4, -0.2) is 70.5 Å². The van der Waals surface area contributed by atoms with Gasteiger partial charge in [-0.05, 0) is 72.3 Å². The summed E-state index contributed by atoms with van der Waals surface area (Å²) in [5.74, 6) is 0.550. The first kappa shape index (κ1) is 29.6. The summed E-state index contributed by atoms with van der Waals surface area (Å²) in [6.07, 6.45) is 2.62. The van der Waals surface area contributed by atoms with Crippen molar-refractivity contribution in [3.8, 4) is 22.8 Å². The van der Waals surface area contributed by atoms with Crippen molar-refractivity contribution in [1.29, 1.82) is 0 Å². The summed E-state index contributed by atoms with van der Waals surface area (Å²) in [5.41, 5.74) is 2.47. The predicted molar refractivity (Wildman–Crippen MR) is 153 cm³/mol. The Labute approximate surface area is 244 Å². The Kier molecular flexibility index (Phi) is 8.27. The molecule has 2 aromatic heterocycles. The van der Waals surface area contributed by atoms with Gasteiger partial charge in [0, 0.05) is 36.5 Å². The van der Waals surface area contributed by atoms with Gasteiger partial charge in [0.05, 0.1) is 24.8 Å². The van der Waals surface area contributed by atoms with Crippen molar-refractivity contribution >= 4 is 23.1 Å². The molecule has 42 heavy (non-hydrogen) atoms. The minimum Gasteiger partial charge on any atom is -0.494 e. The fourth-order valence-corrected chi connectivity index (χ4v) is 4.98. The molecule has 12 heteroatoms. The van der Waals surface area contributed by atoms with Gasteiger partial charge in [-0.1, -0.05) is 0 Å². The number of aromatic amines is 1. The molecule has 0 bridgehead atoms. The number of amides is 1. The molecule has 0 radical (unpaired) electrons. The highest BCUT2D eigenvalue weighted by Gasteiger charge is 2.29. The maximum Gasteiger partial charge on any atom is 0.528 e. The summed E-state index contributed by atoms with van der Waals surface area (Å²) in [7, 11) is 1.41. The van der Waals surface area contributed by atoms with Crippen molar-refractivity contribution in [3.05, 3.63) is 35.0 Å². The van der Waals surface area contributed by atoms with Gasteiger partial charge in [-0.3, -0.25) is 4.79 Å². The van der Waals surface area contributed by atoms with E-state index in [0.29, 0.717) is 83.6 Å². The van der Waals surface area contributed by atoms with Gasteiger partial charge in [0.15, 0.2) is 11.6 Å². The zero-order valence-corrected chi connectivity index (χ0v) is 24.9. The molecule has 3 aromatic rings. The fourth-order valence-electron chi connectivity index (χ4n) is 4.98. The van der Waals surface area contributed by atoms with Crippen molar-refractivity contribution in [2.75, 3.05) is 26.8 Å².